The van der Waals surface area contributed by atoms with Gasteiger partial charge in [0.1, 0.15) is 0 Å². The van der Waals surface area contributed by atoms with Crippen LogP contribution in [0.1, 0.15) is 20.3 Å². The van der Waals surface area contributed by atoms with Gasteiger partial charge >= 0.3 is 0 Å². The Morgan fingerprint density at radius 2 is 2.18 bits per heavy atom. The molecule has 0 aliphatic carbocycles. The first-order chi connectivity index (χ1) is 7.90. The summed E-state index contributed by atoms with van der Waals surface area (Å²) in [7, 11) is 0. The standard InChI is InChI=1S/C12H16BrClN2O/c1-7(2)5-10(15)12(17)16-11-6-8(13)3-4-9(11)14/h3-4,6-7,10H,5,15H2,1-2H3,(H,16,17). The van der Waals surface area contributed by atoms with Crippen molar-refractivity contribution in [1.82, 2.24) is 0 Å². The maximum absolute atomic E-state index is 11.8. The van der Waals surface area contributed by atoms with Crippen molar-refractivity contribution < 1.29 is 4.79 Å². The fourth-order valence-corrected chi connectivity index (χ4v) is 1.96. The Bertz CT molecular complexity index is 409. The van der Waals surface area contributed by atoms with Crippen LogP contribution in [0.5, 0.6) is 0 Å². The summed E-state index contributed by atoms with van der Waals surface area (Å²) in [5.74, 6) is 0.174. The lowest BCUT2D eigenvalue weighted by molar-refractivity contribution is -0.117. The number of rotatable bonds is 4. The molecule has 0 aliphatic rings. The number of benzene rings is 1. The average Bonchev–Trinajstić information content (AvgIpc) is 2.22. The highest BCUT2D eigenvalue weighted by atomic mass is 79.9. The molecular weight excluding hydrogens is 304 g/mol. The van der Waals surface area contributed by atoms with Crippen molar-refractivity contribution in [2.75, 3.05) is 5.32 Å². The fraction of sp³-hybridized carbons (Fsp3) is 0.417. The molecule has 0 heterocycles. The third-order valence-electron chi connectivity index (χ3n) is 2.25. The zero-order valence-electron chi connectivity index (χ0n) is 9.84. The van der Waals surface area contributed by atoms with Gasteiger partial charge in [-0.1, -0.05) is 41.4 Å². The van der Waals surface area contributed by atoms with Gasteiger partial charge in [-0.25, -0.2) is 0 Å². The molecule has 0 aromatic heterocycles. The van der Waals surface area contributed by atoms with E-state index in [1.165, 1.54) is 0 Å². The Morgan fingerprint density at radius 3 is 2.76 bits per heavy atom. The molecule has 0 aliphatic heterocycles. The lowest BCUT2D eigenvalue weighted by Crippen LogP contribution is -2.36. The molecule has 0 saturated heterocycles. The minimum Gasteiger partial charge on any atom is -0.323 e. The van der Waals surface area contributed by atoms with Crippen LogP contribution < -0.4 is 11.1 Å². The SMILES string of the molecule is CC(C)CC(N)C(=O)Nc1cc(Br)ccc1Cl. The Labute approximate surface area is 115 Å². The molecule has 1 rings (SSSR count). The van der Waals surface area contributed by atoms with Crippen LogP contribution in [0.3, 0.4) is 0 Å². The van der Waals surface area contributed by atoms with Crippen LogP contribution in [-0.4, -0.2) is 11.9 Å². The van der Waals surface area contributed by atoms with E-state index in [1.807, 2.05) is 19.9 Å². The lowest BCUT2D eigenvalue weighted by Gasteiger charge is -2.15. The fourth-order valence-electron chi connectivity index (χ4n) is 1.43. The predicted octanol–water partition coefficient (Wildman–Crippen LogP) is 3.41. The highest BCUT2D eigenvalue weighted by molar-refractivity contribution is 9.10. The summed E-state index contributed by atoms with van der Waals surface area (Å²) in [5.41, 5.74) is 6.36. The monoisotopic (exact) mass is 318 g/mol. The van der Waals surface area contributed by atoms with Gasteiger partial charge in [-0.3, -0.25) is 4.79 Å². The molecule has 1 aromatic rings. The summed E-state index contributed by atoms with van der Waals surface area (Å²) in [6, 6.07) is 4.77. The van der Waals surface area contributed by atoms with Gasteiger partial charge in [0, 0.05) is 4.47 Å². The zero-order chi connectivity index (χ0) is 13.0. The number of hydrogen-bond acceptors (Lipinski definition) is 2. The Hall–Kier alpha value is -0.580. The number of nitrogens with one attached hydrogen (secondary N) is 1. The average molecular weight is 320 g/mol. The van der Waals surface area contributed by atoms with Crippen LogP contribution in [0.2, 0.25) is 5.02 Å². The Balaban J connectivity index is 2.70. The first-order valence-electron chi connectivity index (χ1n) is 5.41. The van der Waals surface area contributed by atoms with E-state index in [0.29, 0.717) is 23.0 Å². The number of hydrogen-bond donors (Lipinski definition) is 2. The van der Waals surface area contributed by atoms with Gasteiger partial charge in [-0.15, -0.1) is 0 Å². The highest BCUT2D eigenvalue weighted by Gasteiger charge is 2.16. The van der Waals surface area contributed by atoms with Crippen molar-refractivity contribution in [3.63, 3.8) is 0 Å². The molecule has 17 heavy (non-hydrogen) atoms. The number of halogens is 2. The van der Waals surface area contributed by atoms with Gasteiger partial charge in [-0.2, -0.15) is 0 Å². The van der Waals surface area contributed by atoms with Gasteiger partial charge in [0.05, 0.1) is 16.8 Å². The van der Waals surface area contributed by atoms with E-state index < -0.39 is 6.04 Å². The summed E-state index contributed by atoms with van der Waals surface area (Å²) in [4.78, 5) is 11.8. The molecule has 0 saturated carbocycles. The molecule has 0 radical (unpaired) electrons. The summed E-state index contributed by atoms with van der Waals surface area (Å²) < 4.78 is 0.856. The van der Waals surface area contributed by atoms with Crippen molar-refractivity contribution in [2.24, 2.45) is 11.7 Å². The number of carbonyl (C=O) groups excluding carboxylic acids is 1. The number of carbonyl (C=O) groups is 1. The summed E-state index contributed by atoms with van der Waals surface area (Å²) in [6.07, 6.45) is 0.650. The third-order valence-corrected chi connectivity index (χ3v) is 3.07. The molecule has 94 valence electrons. The second-order valence-corrected chi connectivity index (χ2v) is 5.67. The smallest absolute Gasteiger partial charge is 0.241 e. The van der Waals surface area contributed by atoms with E-state index in [4.69, 9.17) is 17.3 Å². The quantitative estimate of drug-likeness (QED) is 0.893. The first kappa shape index (κ1) is 14.5. The largest absolute Gasteiger partial charge is 0.323 e. The second kappa shape index (κ2) is 6.38. The van der Waals surface area contributed by atoms with Crippen LogP contribution in [0.4, 0.5) is 5.69 Å². The second-order valence-electron chi connectivity index (χ2n) is 4.35. The topological polar surface area (TPSA) is 55.1 Å². The van der Waals surface area contributed by atoms with Gasteiger partial charge in [0.25, 0.3) is 0 Å². The number of amides is 1. The van der Waals surface area contributed by atoms with E-state index in [9.17, 15) is 4.79 Å². The van der Waals surface area contributed by atoms with E-state index in [-0.39, 0.29) is 5.91 Å². The van der Waals surface area contributed by atoms with Crippen molar-refractivity contribution in [3.05, 3.63) is 27.7 Å². The van der Waals surface area contributed by atoms with Gasteiger partial charge in [-0.05, 0) is 30.5 Å². The van der Waals surface area contributed by atoms with E-state index in [0.717, 1.165) is 4.47 Å². The molecule has 1 atom stereocenters. The Morgan fingerprint density at radius 1 is 1.53 bits per heavy atom. The molecule has 0 spiro atoms. The Kier molecular flexibility index (Phi) is 5.43. The van der Waals surface area contributed by atoms with Crippen LogP contribution in [0.25, 0.3) is 0 Å². The molecule has 0 fully saturated rings. The maximum atomic E-state index is 11.8. The summed E-state index contributed by atoms with van der Waals surface area (Å²) in [5, 5.41) is 3.23. The molecule has 1 unspecified atom stereocenters. The van der Waals surface area contributed by atoms with Crippen molar-refractivity contribution in [2.45, 2.75) is 26.3 Å². The van der Waals surface area contributed by atoms with Crippen LogP contribution in [0, 0.1) is 5.92 Å². The molecule has 3 N–H and O–H groups in total. The van der Waals surface area contributed by atoms with Crippen LogP contribution in [0.15, 0.2) is 22.7 Å². The van der Waals surface area contributed by atoms with Gasteiger partial charge < -0.3 is 11.1 Å². The third kappa shape index (κ3) is 4.66. The number of nitrogens with two attached hydrogens (primary N) is 1. The molecule has 3 nitrogen and oxygen atoms in total. The van der Waals surface area contributed by atoms with E-state index in [2.05, 4.69) is 21.2 Å². The molecule has 5 heteroatoms. The summed E-state index contributed by atoms with van der Waals surface area (Å²) >= 11 is 9.30. The minimum atomic E-state index is -0.509. The summed E-state index contributed by atoms with van der Waals surface area (Å²) in [6.45, 7) is 4.05. The normalized spacial score (nSPS) is 12.6. The predicted molar refractivity (Wildman–Crippen MR) is 75.2 cm³/mol. The molecule has 0 bridgehead atoms. The lowest BCUT2D eigenvalue weighted by atomic mass is 10.0. The van der Waals surface area contributed by atoms with E-state index >= 15 is 0 Å². The highest BCUT2D eigenvalue weighted by Crippen LogP contribution is 2.25. The van der Waals surface area contributed by atoms with E-state index in [1.54, 1.807) is 12.1 Å². The molecular formula is C12H16BrClN2O. The van der Waals surface area contributed by atoms with Crippen molar-refractivity contribution in [3.8, 4) is 0 Å². The van der Waals surface area contributed by atoms with Crippen LogP contribution in [-0.2, 0) is 4.79 Å². The zero-order valence-corrected chi connectivity index (χ0v) is 12.2. The van der Waals surface area contributed by atoms with Crippen LogP contribution >= 0.6 is 27.5 Å². The van der Waals surface area contributed by atoms with Gasteiger partial charge in [0.2, 0.25) is 5.91 Å². The molecule has 1 aromatic carbocycles. The maximum Gasteiger partial charge on any atom is 0.241 e. The molecule has 1 amide bonds. The number of anilines is 1. The minimum absolute atomic E-state index is 0.210. The van der Waals surface area contributed by atoms with Crippen molar-refractivity contribution >= 4 is 39.1 Å². The van der Waals surface area contributed by atoms with Crippen molar-refractivity contribution in [1.29, 1.82) is 0 Å². The van der Waals surface area contributed by atoms with Gasteiger partial charge in [0.15, 0.2) is 0 Å². The first-order valence-corrected chi connectivity index (χ1v) is 6.58.